The van der Waals surface area contributed by atoms with Crippen molar-refractivity contribution in [1.82, 2.24) is 10.2 Å². The van der Waals surface area contributed by atoms with Gasteiger partial charge in [-0.3, -0.25) is 24.0 Å². The standard InChI is InChI=1S/C61H88N2O15S/c1-37-19-13-11-14-20-38(2)50(73-8)35-46-26-24-43(7)61(72,78-46)56(67)57(68)63-29-18-17-23-47(63)58(69)76-51(36-48(64)39(3)32-42(6)54(66)55(75-10)53(65)41(5)31-37)40(4)33-44-25-27-49(52(34-44)74-9)77-60(71)62-28-30-79-59(70)45-21-15-12-16-22-45/h11-16,19-22,32,37,39-41,43-44,46-47,49-52,54-55,66,72H,17-18,23-31,33-36H2,1-10H3,(H,62,71)/b14-11+,19-13-,38-20+,42-32+/t37?,39?,40?,41-,43-,44?,46?,47+,49-,50?,51?,52?,54-,55?,61-/m1/s1. The highest BCUT2D eigenvalue weighted by atomic mass is 32.2. The van der Waals surface area contributed by atoms with E-state index in [-0.39, 0.29) is 54.4 Å². The number of hydrogen-bond donors (Lipinski definition) is 3. The molecular formula is C61H88N2O15S. The van der Waals surface area contributed by atoms with Gasteiger partial charge in [0.25, 0.3) is 11.7 Å². The summed E-state index contributed by atoms with van der Waals surface area (Å²) >= 11 is 1.10. The second kappa shape index (κ2) is 31.4. The van der Waals surface area contributed by atoms with Crippen LogP contribution >= 0.6 is 11.8 Å². The number of nitrogens with one attached hydrogen (secondary N) is 1. The second-order valence-corrected chi connectivity index (χ2v) is 23.5. The van der Waals surface area contributed by atoms with E-state index >= 15 is 0 Å². The van der Waals surface area contributed by atoms with Gasteiger partial charge in [0, 0.05) is 76.3 Å². The van der Waals surface area contributed by atoms with E-state index in [1.165, 1.54) is 12.0 Å². The Kier molecular flexibility index (Phi) is 25.8. The summed E-state index contributed by atoms with van der Waals surface area (Å²) in [6, 6.07) is 7.70. The van der Waals surface area contributed by atoms with Crippen LogP contribution in [0.3, 0.4) is 0 Å². The summed E-state index contributed by atoms with van der Waals surface area (Å²) in [5.74, 6) is -8.15. The third kappa shape index (κ3) is 18.3. The van der Waals surface area contributed by atoms with Crippen molar-refractivity contribution in [1.29, 1.82) is 0 Å². The number of alkyl carbamates (subject to hydrolysis) is 1. The van der Waals surface area contributed by atoms with Gasteiger partial charge in [-0.15, -0.1) is 0 Å². The number of carbonyl (C=O) groups excluding carboxylic acids is 7. The fourth-order valence-corrected chi connectivity index (χ4v) is 12.1. The number of thioether (sulfide) groups is 1. The molecule has 3 aliphatic heterocycles. The van der Waals surface area contributed by atoms with Crippen molar-refractivity contribution >= 4 is 52.2 Å². The van der Waals surface area contributed by atoms with Gasteiger partial charge in [-0.05, 0) is 107 Å². The van der Waals surface area contributed by atoms with Crippen LogP contribution in [0.5, 0.6) is 0 Å². The Morgan fingerprint density at radius 3 is 2.29 bits per heavy atom. The lowest BCUT2D eigenvalue weighted by Gasteiger charge is -2.42. The fourth-order valence-electron chi connectivity index (χ4n) is 11.4. The number of benzene rings is 1. The van der Waals surface area contributed by atoms with E-state index in [2.05, 4.69) is 5.32 Å². The van der Waals surface area contributed by atoms with Crippen molar-refractivity contribution in [2.24, 2.45) is 35.5 Å². The first-order valence-electron chi connectivity index (χ1n) is 28.3. The smallest absolute Gasteiger partial charge is 0.407 e. The average Bonchev–Trinajstić information content (AvgIpc) is 3.46. The molecule has 18 heteroatoms. The Hall–Kier alpha value is -4.82. The topological polar surface area (TPSA) is 231 Å². The molecule has 0 spiro atoms. The molecule has 0 aromatic heterocycles. The monoisotopic (exact) mass is 1120 g/mol. The molecule has 1 saturated carbocycles. The molecule has 3 heterocycles. The molecule has 1 aromatic rings. The summed E-state index contributed by atoms with van der Waals surface area (Å²) in [6.07, 6.45) is 9.60. The van der Waals surface area contributed by atoms with Gasteiger partial charge in [-0.1, -0.05) is 113 Å². The zero-order valence-corrected chi connectivity index (χ0v) is 48.9. The molecule has 3 N–H and O–H groups in total. The molecule has 9 unspecified atom stereocenters. The van der Waals surface area contributed by atoms with Gasteiger partial charge in [-0.2, -0.15) is 0 Å². The van der Waals surface area contributed by atoms with Crippen molar-refractivity contribution in [2.45, 2.75) is 180 Å². The highest BCUT2D eigenvalue weighted by Gasteiger charge is 2.53. The van der Waals surface area contributed by atoms with Gasteiger partial charge in [0.1, 0.15) is 36.2 Å². The predicted octanol–water partition coefficient (Wildman–Crippen LogP) is 8.49. The van der Waals surface area contributed by atoms with Crippen LogP contribution in [0.1, 0.15) is 136 Å². The van der Waals surface area contributed by atoms with Gasteiger partial charge in [0.15, 0.2) is 5.78 Å². The van der Waals surface area contributed by atoms with Crippen molar-refractivity contribution < 1.29 is 72.2 Å². The van der Waals surface area contributed by atoms with Crippen LogP contribution in [-0.2, 0) is 52.4 Å². The van der Waals surface area contributed by atoms with E-state index in [0.29, 0.717) is 81.1 Å². The fraction of sp³-hybridized carbons (Fsp3) is 0.656. The van der Waals surface area contributed by atoms with E-state index < -0.39 is 102 Å². The minimum absolute atomic E-state index is 0.00493. The Morgan fingerprint density at radius 2 is 1.59 bits per heavy atom. The first-order chi connectivity index (χ1) is 37.6. The minimum atomic E-state index is -2.47. The number of esters is 1. The van der Waals surface area contributed by atoms with Crippen molar-refractivity contribution in [3.05, 3.63) is 83.5 Å². The van der Waals surface area contributed by atoms with Crippen molar-refractivity contribution in [3.63, 3.8) is 0 Å². The molecule has 5 rings (SSSR count). The van der Waals surface area contributed by atoms with Gasteiger partial charge in [0.05, 0.1) is 18.3 Å². The molecule has 438 valence electrons. The van der Waals surface area contributed by atoms with Crippen LogP contribution < -0.4 is 5.32 Å². The van der Waals surface area contributed by atoms with Gasteiger partial charge >= 0.3 is 12.1 Å². The average molecular weight is 1120 g/mol. The third-order valence-electron chi connectivity index (χ3n) is 16.3. The Morgan fingerprint density at radius 1 is 0.861 bits per heavy atom. The Balaban J connectivity index is 1.38. The highest BCUT2D eigenvalue weighted by Crippen LogP contribution is 2.38. The lowest BCUT2D eigenvalue weighted by atomic mass is 9.78. The number of methoxy groups -OCH3 is 3. The molecule has 15 atom stereocenters. The summed E-state index contributed by atoms with van der Waals surface area (Å²) in [5, 5.41) is 26.2. The number of amides is 2. The number of ketones is 3. The van der Waals surface area contributed by atoms with Gasteiger partial charge in [-0.25, -0.2) is 9.59 Å². The molecule has 3 fully saturated rings. The molecular weight excluding hydrogens is 1030 g/mol. The molecule has 2 bridgehead atoms. The number of fused-ring (bicyclic) bond motifs is 3. The second-order valence-electron chi connectivity index (χ2n) is 22.4. The summed E-state index contributed by atoms with van der Waals surface area (Å²) in [7, 11) is 4.49. The molecule has 2 amide bonds. The number of ether oxygens (including phenoxy) is 6. The zero-order valence-electron chi connectivity index (χ0n) is 48.1. The van der Waals surface area contributed by atoms with Crippen LogP contribution in [0.25, 0.3) is 0 Å². The van der Waals surface area contributed by atoms with E-state index in [1.54, 1.807) is 72.3 Å². The predicted molar refractivity (Wildman–Crippen MR) is 301 cm³/mol. The SMILES string of the molecule is COC1CC2CC[C@@H](C)[C@@](O)(O2)C(=O)C(=O)N2CCCC[C@H]2C(=O)OC(C(C)CC2CC[C@@H](OC(=O)NCCSC(=O)c3ccccc3)C(OC)C2)CC(=O)C(C)/C=C(\C)[C@@H](O)C(OC)C(=O)[C@H](C)CC(C)\C=C/C=C/C=C/1C. The third-order valence-corrected chi connectivity index (χ3v) is 17.2. The number of aliphatic hydroxyl groups excluding tert-OH is 1. The lowest BCUT2D eigenvalue weighted by molar-refractivity contribution is -0.265. The normalized spacial score (nSPS) is 35.1. The lowest BCUT2D eigenvalue weighted by Crippen LogP contribution is -2.61. The molecule has 1 aromatic carbocycles. The number of carbonyl (C=O) groups is 7. The van der Waals surface area contributed by atoms with Crippen LogP contribution in [-0.4, -0.2) is 150 Å². The number of rotatable bonds is 11. The summed E-state index contributed by atoms with van der Waals surface area (Å²) < 4.78 is 35.7. The van der Waals surface area contributed by atoms with Gasteiger partial charge in [0.2, 0.25) is 10.9 Å². The summed E-state index contributed by atoms with van der Waals surface area (Å²) in [6.45, 7) is 12.8. The number of piperidine rings is 1. The van der Waals surface area contributed by atoms with E-state index in [4.69, 9.17) is 28.4 Å². The number of allylic oxidation sites excluding steroid dienone is 6. The minimum Gasteiger partial charge on any atom is -0.460 e. The number of nitrogens with zero attached hydrogens (tertiary/aromatic N) is 1. The van der Waals surface area contributed by atoms with E-state index in [1.807, 2.05) is 57.2 Å². The van der Waals surface area contributed by atoms with Crippen LogP contribution in [0, 0.1) is 35.5 Å². The number of hydrogen-bond acceptors (Lipinski definition) is 16. The maximum absolute atomic E-state index is 14.6. The van der Waals surface area contributed by atoms with Crippen LogP contribution in [0.2, 0.25) is 0 Å². The van der Waals surface area contributed by atoms with Crippen molar-refractivity contribution in [3.8, 4) is 0 Å². The first kappa shape index (κ1) is 65.0. The molecule has 1 aliphatic carbocycles. The molecule has 79 heavy (non-hydrogen) atoms. The molecule has 2 saturated heterocycles. The van der Waals surface area contributed by atoms with Crippen LogP contribution in [0.4, 0.5) is 4.79 Å². The zero-order chi connectivity index (χ0) is 58.0. The van der Waals surface area contributed by atoms with Gasteiger partial charge < -0.3 is 48.9 Å². The number of aliphatic hydroxyl groups is 2. The largest absolute Gasteiger partial charge is 0.460 e. The molecule has 4 aliphatic rings. The molecule has 17 nitrogen and oxygen atoms in total. The van der Waals surface area contributed by atoms with E-state index in [9.17, 15) is 43.8 Å². The van der Waals surface area contributed by atoms with E-state index in [0.717, 1.165) is 17.3 Å². The first-order valence-corrected chi connectivity index (χ1v) is 29.3. The number of cyclic esters (lactones) is 1. The van der Waals surface area contributed by atoms with Crippen molar-refractivity contribution in [2.75, 3.05) is 40.2 Å². The summed E-state index contributed by atoms with van der Waals surface area (Å²) in [4.78, 5) is 98.1. The quantitative estimate of drug-likeness (QED) is 0.0816. The van der Waals surface area contributed by atoms with Crippen LogP contribution in [0.15, 0.2) is 77.9 Å². The maximum atomic E-state index is 14.6. The number of Topliss-reactive ketones (excluding diaryl/α,β-unsaturated/α-hetero) is 3. The Bertz CT molecular complexity index is 2360. The maximum Gasteiger partial charge on any atom is 0.407 e. The highest BCUT2D eigenvalue weighted by molar-refractivity contribution is 8.14. The Labute approximate surface area is 472 Å². The molecule has 0 radical (unpaired) electrons. The summed E-state index contributed by atoms with van der Waals surface area (Å²) in [5.41, 5.74) is 1.80.